The first kappa shape index (κ1) is 18.4. The molecule has 2 aromatic rings. The number of thioether (sulfide) groups is 1. The fraction of sp³-hybridized carbons (Fsp3) is 0.278. The molecule has 0 aliphatic heterocycles. The van der Waals surface area contributed by atoms with Crippen molar-refractivity contribution in [3.63, 3.8) is 0 Å². The maximum absolute atomic E-state index is 13.9. The molecular formula is C18H20F2N2OS. The van der Waals surface area contributed by atoms with Gasteiger partial charge in [0.2, 0.25) is 5.91 Å². The number of hydrogen-bond acceptors (Lipinski definition) is 3. The molecule has 2 rings (SSSR count). The van der Waals surface area contributed by atoms with Gasteiger partial charge in [0.15, 0.2) is 0 Å². The Labute approximate surface area is 144 Å². The molecule has 3 nitrogen and oxygen atoms in total. The van der Waals surface area contributed by atoms with Crippen LogP contribution in [0.25, 0.3) is 0 Å². The first-order valence-corrected chi connectivity index (χ1v) is 8.55. The molecule has 0 heterocycles. The second kappa shape index (κ2) is 8.80. The number of benzene rings is 2. The minimum atomic E-state index is -0.671. The molecule has 0 saturated heterocycles. The highest BCUT2D eigenvalue weighted by molar-refractivity contribution is 8.00. The van der Waals surface area contributed by atoms with E-state index >= 15 is 0 Å². The molecule has 0 aliphatic rings. The molecule has 1 amide bonds. The van der Waals surface area contributed by atoms with E-state index in [1.165, 1.54) is 0 Å². The fourth-order valence-electron chi connectivity index (χ4n) is 2.11. The van der Waals surface area contributed by atoms with Crippen LogP contribution in [0, 0.1) is 11.6 Å². The highest BCUT2D eigenvalue weighted by atomic mass is 32.2. The molecule has 24 heavy (non-hydrogen) atoms. The average molecular weight is 350 g/mol. The van der Waals surface area contributed by atoms with Crippen LogP contribution in [-0.2, 0) is 4.79 Å². The molecule has 0 fully saturated rings. The van der Waals surface area contributed by atoms with Crippen LogP contribution in [0.1, 0.15) is 24.2 Å². The van der Waals surface area contributed by atoms with E-state index in [1.54, 1.807) is 24.3 Å². The molecule has 2 atom stereocenters. The van der Waals surface area contributed by atoms with Crippen molar-refractivity contribution in [3.05, 3.63) is 65.7 Å². The van der Waals surface area contributed by atoms with Gasteiger partial charge in [-0.25, -0.2) is 8.78 Å². The SMILES string of the molecule is CC(N)CCNC(=O)C(Sc1cc(F)ccc1F)c1ccccc1. The van der Waals surface area contributed by atoms with E-state index in [-0.39, 0.29) is 16.8 Å². The van der Waals surface area contributed by atoms with E-state index in [4.69, 9.17) is 5.73 Å². The van der Waals surface area contributed by atoms with E-state index in [2.05, 4.69) is 5.32 Å². The highest BCUT2D eigenvalue weighted by Gasteiger charge is 2.23. The largest absolute Gasteiger partial charge is 0.355 e. The summed E-state index contributed by atoms with van der Waals surface area (Å²) < 4.78 is 27.3. The van der Waals surface area contributed by atoms with Gasteiger partial charge in [-0.05, 0) is 37.1 Å². The minimum absolute atomic E-state index is 0.0196. The van der Waals surface area contributed by atoms with Crippen molar-refractivity contribution in [2.24, 2.45) is 5.73 Å². The van der Waals surface area contributed by atoms with Crippen LogP contribution in [-0.4, -0.2) is 18.5 Å². The lowest BCUT2D eigenvalue weighted by Gasteiger charge is -2.18. The second-order valence-electron chi connectivity index (χ2n) is 5.54. The van der Waals surface area contributed by atoms with Crippen LogP contribution in [0.2, 0.25) is 0 Å². The molecule has 0 aliphatic carbocycles. The summed E-state index contributed by atoms with van der Waals surface area (Å²) in [5.41, 5.74) is 6.40. The molecular weight excluding hydrogens is 330 g/mol. The Hall–Kier alpha value is -1.92. The van der Waals surface area contributed by atoms with Gasteiger partial charge in [-0.15, -0.1) is 11.8 Å². The lowest BCUT2D eigenvalue weighted by atomic mass is 10.1. The van der Waals surface area contributed by atoms with Crippen molar-refractivity contribution in [2.45, 2.75) is 29.5 Å². The van der Waals surface area contributed by atoms with E-state index in [9.17, 15) is 13.6 Å². The Kier molecular flexibility index (Phi) is 6.75. The van der Waals surface area contributed by atoms with Crippen molar-refractivity contribution < 1.29 is 13.6 Å². The zero-order valence-electron chi connectivity index (χ0n) is 13.3. The number of amides is 1. The number of halogens is 2. The molecule has 2 unspecified atom stereocenters. The van der Waals surface area contributed by atoms with Gasteiger partial charge in [-0.3, -0.25) is 4.79 Å². The Morgan fingerprint density at radius 2 is 1.92 bits per heavy atom. The standard InChI is InChI=1S/C18H20F2N2OS/c1-12(21)9-10-22-18(23)17(13-5-3-2-4-6-13)24-16-11-14(19)7-8-15(16)20/h2-8,11-12,17H,9-10,21H2,1H3,(H,22,23). The molecule has 0 aromatic heterocycles. The zero-order valence-corrected chi connectivity index (χ0v) is 14.2. The molecule has 0 bridgehead atoms. The number of nitrogens with two attached hydrogens (primary N) is 1. The van der Waals surface area contributed by atoms with E-state index < -0.39 is 16.9 Å². The number of rotatable bonds is 7. The Morgan fingerprint density at radius 3 is 2.58 bits per heavy atom. The number of carbonyl (C=O) groups excluding carboxylic acids is 1. The summed E-state index contributed by atoms with van der Waals surface area (Å²) in [6.07, 6.45) is 0.645. The van der Waals surface area contributed by atoms with Crippen molar-refractivity contribution in [2.75, 3.05) is 6.54 Å². The van der Waals surface area contributed by atoms with Crippen LogP contribution >= 0.6 is 11.8 Å². The molecule has 0 radical (unpaired) electrons. The van der Waals surface area contributed by atoms with E-state index in [0.29, 0.717) is 13.0 Å². The smallest absolute Gasteiger partial charge is 0.237 e. The first-order valence-electron chi connectivity index (χ1n) is 7.67. The normalized spacial score (nSPS) is 13.3. The number of carbonyl (C=O) groups is 1. The number of nitrogens with one attached hydrogen (secondary N) is 1. The van der Waals surface area contributed by atoms with E-state index in [1.807, 2.05) is 13.0 Å². The number of hydrogen-bond donors (Lipinski definition) is 2. The summed E-state index contributed by atoms with van der Waals surface area (Å²) >= 11 is 0.991. The first-order chi connectivity index (χ1) is 11.5. The second-order valence-corrected chi connectivity index (χ2v) is 6.69. The monoisotopic (exact) mass is 350 g/mol. The molecule has 6 heteroatoms. The van der Waals surface area contributed by atoms with Crippen molar-refractivity contribution in [1.82, 2.24) is 5.32 Å². The zero-order chi connectivity index (χ0) is 17.5. The van der Waals surface area contributed by atoms with Gasteiger partial charge in [0.1, 0.15) is 16.9 Å². The van der Waals surface area contributed by atoms with Gasteiger partial charge in [-0.2, -0.15) is 0 Å². The lowest BCUT2D eigenvalue weighted by Crippen LogP contribution is -2.31. The summed E-state index contributed by atoms with van der Waals surface area (Å²) in [6, 6.07) is 12.2. The Morgan fingerprint density at radius 1 is 1.21 bits per heavy atom. The molecule has 3 N–H and O–H groups in total. The van der Waals surface area contributed by atoms with Crippen molar-refractivity contribution >= 4 is 17.7 Å². The topological polar surface area (TPSA) is 55.1 Å². The molecule has 0 spiro atoms. The third kappa shape index (κ3) is 5.32. The predicted octanol–water partition coefficient (Wildman–Crippen LogP) is 3.65. The summed E-state index contributed by atoms with van der Waals surface area (Å²) in [4.78, 5) is 12.6. The van der Waals surface area contributed by atoms with Gasteiger partial charge in [0.25, 0.3) is 0 Å². The summed E-state index contributed by atoms with van der Waals surface area (Å²) in [5.74, 6) is -1.34. The quantitative estimate of drug-likeness (QED) is 0.750. The Bertz CT molecular complexity index is 680. The maximum Gasteiger partial charge on any atom is 0.237 e. The summed E-state index contributed by atoms with van der Waals surface area (Å²) in [7, 11) is 0. The highest BCUT2D eigenvalue weighted by Crippen LogP contribution is 2.37. The van der Waals surface area contributed by atoms with E-state index in [0.717, 1.165) is 35.5 Å². The van der Waals surface area contributed by atoms with Crippen molar-refractivity contribution in [3.8, 4) is 0 Å². The third-order valence-corrected chi connectivity index (χ3v) is 4.67. The average Bonchev–Trinajstić information content (AvgIpc) is 2.56. The predicted molar refractivity (Wildman–Crippen MR) is 92.7 cm³/mol. The Balaban J connectivity index is 2.20. The lowest BCUT2D eigenvalue weighted by molar-refractivity contribution is -0.120. The van der Waals surface area contributed by atoms with Crippen LogP contribution < -0.4 is 11.1 Å². The van der Waals surface area contributed by atoms with Gasteiger partial charge < -0.3 is 11.1 Å². The minimum Gasteiger partial charge on any atom is -0.355 e. The third-order valence-electron chi connectivity index (χ3n) is 3.38. The fourth-order valence-corrected chi connectivity index (χ4v) is 3.21. The van der Waals surface area contributed by atoms with Gasteiger partial charge in [-0.1, -0.05) is 30.3 Å². The van der Waals surface area contributed by atoms with Crippen LogP contribution in [0.3, 0.4) is 0 Å². The molecule has 2 aromatic carbocycles. The molecule has 0 saturated carbocycles. The van der Waals surface area contributed by atoms with Crippen LogP contribution in [0.4, 0.5) is 8.78 Å². The van der Waals surface area contributed by atoms with Gasteiger partial charge in [0, 0.05) is 17.5 Å². The maximum atomic E-state index is 13.9. The van der Waals surface area contributed by atoms with Crippen molar-refractivity contribution in [1.29, 1.82) is 0 Å². The molecule has 128 valence electrons. The summed E-state index contributed by atoms with van der Waals surface area (Å²) in [6.45, 7) is 2.30. The van der Waals surface area contributed by atoms with Gasteiger partial charge >= 0.3 is 0 Å². The summed E-state index contributed by atoms with van der Waals surface area (Å²) in [5, 5.41) is 2.14. The van der Waals surface area contributed by atoms with Crippen LogP contribution in [0.5, 0.6) is 0 Å². The van der Waals surface area contributed by atoms with Gasteiger partial charge in [0.05, 0.1) is 0 Å². The van der Waals surface area contributed by atoms with Crippen LogP contribution in [0.15, 0.2) is 53.4 Å².